The van der Waals surface area contributed by atoms with Crippen molar-refractivity contribution in [1.82, 2.24) is 0 Å². The van der Waals surface area contributed by atoms with E-state index >= 15 is 0 Å². The number of benzene rings is 1. The summed E-state index contributed by atoms with van der Waals surface area (Å²) in [5.41, 5.74) is 0.730. The fourth-order valence-corrected chi connectivity index (χ4v) is 2.10. The number of nitrogens with one attached hydrogen (secondary N) is 1. The van der Waals surface area contributed by atoms with E-state index in [-0.39, 0.29) is 6.10 Å². The lowest BCUT2D eigenvalue weighted by atomic mass is 9.79. The van der Waals surface area contributed by atoms with Crippen molar-refractivity contribution < 1.29 is 18.8 Å². The van der Waals surface area contributed by atoms with E-state index < -0.39 is 24.4 Å². The first-order valence-electron chi connectivity index (χ1n) is 7.54. The standard InChI is InChI=1S/C16H24BNO4/c1-11(2)20-14(19)18-13-9-7-8-12(10-13)17-21-15(3,4)16(5,6)22-17/h7-11H,1-6H3,(H,18,19). The molecule has 5 nitrogen and oxygen atoms in total. The molecule has 0 bridgehead atoms. The third-order valence-electron chi connectivity index (χ3n) is 4.00. The number of carbonyl (C=O) groups excluding carboxylic acids is 1. The van der Waals surface area contributed by atoms with Gasteiger partial charge in [-0.05, 0) is 59.1 Å². The molecule has 0 radical (unpaired) electrons. The maximum Gasteiger partial charge on any atom is 0.494 e. The number of ether oxygens (including phenoxy) is 1. The molecule has 1 amide bonds. The van der Waals surface area contributed by atoms with Gasteiger partial charge in [0, 0.05) is 5.69 Å². The third-order valence-corrected chi connectivity index (χ3v) is 4.00. The van der Waals surface area contributed by atoms with Gasteiger partial charge in [0.2, 0.25) is 0 Å². The molecule has 1 aliphatic heterocycles. The molecule has 1 aliphatic rings. The minimum atomic E-state index is -0.471. The molecule has 0 atom stereocenters. The van der Waals surface area contributed by atoms with E-state index in [0.717, 1.165) is 5.46 Å². The molecule has 1 heterocycles. The van der Waals surface area contributed by atoms with Crippen LogP contribution in [0.15, 0.2) is 24.3 Å². The zero-order valence-electron chi connectivity index (χ0n) is 14.1. The molecular formula is C16H24BNO4. The second kappa shape index (κ2) is 5.93. The summed E-state index contributed by atoms with van der Waals surface area (Å²) in [6, 6.07) is 7.41. The normalized spacial score (nSPS) is 19.3. The molecule has 0 aliphatic carbocycles. The summed E-state index contributed by atoms with van der Waals surface area (Å²) >= 11 is 0. The summed E-state index contributed by atoms with van der Waals surface area (Å²) in [6.07, 6.45) is -0.632. The van der Waals surface area contributed by atoms with Crippen molar-refractivity contribution in [3.63, 3.8) is 0 Å². The van der Waals surface area contributed by atoms with Crippen molar-refractivity contribution in [1.29, 1.82) is 0 Å². The van der Waals surface area contributed by atoms with E-state index in [2.05, 4.69) is 5.32 Å². The molecule has 1 fully saturated rings. The summed E-state index contributed by atoms with van der Waals surface area (Å²) < 4.78 is 17.1. The molecule has 0 unspecified atom stereocenters. The highest BCUT2D eigenvalue weighted by Crippen LogP contribution is 2.36. The molecule has 6 heteroatoms. The van der Waals surface area contributed by atoms with Crippen molar-refractivity contribution >= 4 is 24.4 Å². The average Bonchev–Trinajstić information content (AvgIpc) is 2.57. The first-order valence-corrected chi connectivity index (χ1v) is 7.54. The van der Waals surface area contributed by atoms with Gasteiger partial charge in [-0.3, -0.25) is 5.32 Å². The predicted molar refractivity (Wildman–Crippen MR) is 87.4 cm³/mol. The Morgan fingerprint density at radius 2 is 1.77 bits per heavy atom. The highest BCUT2D eigenvalue weighted by molar-refractivity contribution is 6.62. The molecular weight excluding hydrogens is 281 g/mol. The van der Waals surface area contributed by atoms with E-state index in [9.17, 15) is 4.79 Å². The first kappa shape index (κ1) is 16.8. The van der Waals surface area contributed by atoms with E-state index in [1.165, 1.54) is 0 Å². The molecule has 1 aromatic carbocycles. The fraction of sp³-hybridized carbons (Fsp3) is 0.562. The van der Waals surface area contributed by atoms with Crippen LogP contribution >= 0.6 is 0 Å². The fourth-order valence-electron chi connectivity index (χ4n) is 2.10. The highest BCUT2D eigenvalue weighted by atomic mass is 16.7. The lowest BCUT2D eigenvalue weighted by Gasteiger charge is -2.32. The Kier molecular flexibility index (Phi) is 4.54. The SMILES string of the molecule is CC(C)OC(=O)Nc1cccc(B2OC(C)(C)C(C)(C)O2)c1. The van der Waals surface area contributed by atoms with Crippen molar-refractivity contribution in [2.45, 2.75) is 58.8 Å². The Bertz CT molecular complexity index is 541. The van der Waals surface area contributed by atoms with Crippen molar-refractivity contribution in [3.8, 4) is 0 Å². The molecule has 0 saturated carbocycles. The van der Waals surface area contributed by atoms with Gasteiger partial charge in [-0.2, -0.15) is 0 Å². The Morgan fingerprint density at radius 1 is 1.18 bits per heavy atom. The molecule has 2 rings (SSSR count). The van der Waals surface area contributed by atoms with Crippen LogP contribution in [0.5, 0.6) is 0 Å². The summed E-state index contributed by atoms with van der Waals surface area (Å²) in [6.45, 7) is 11.6. The van der Waals surface area contributed by atoms with Gasteiger partial charge >= 0.3 is 13.2 Å². The summed E-state index contributed by atoms with van der Waals surface area (Å²) in [7, 11) is -0.451. The second-order valence-electron chi connectivity index (χ2n) is 6.79. The number of hydrogen-bond donors (Lipinski definition) is 1. The van der Waals surface area contributed by atoms with Gasteiger partial charge in [-0.1, -0.05) is 12.1 Å². The van der Waals surface area contributed by atoms with Crippen LogP contribution < -0.4 is 10.8 Å². The van der Waals surface area contributed by atoms with Crippen LogP contribution in [-0.4, -0.2) is 30.5 Å². The summed E-state index contributed by atoms with van der Waals surface area (Å²) in [5.74, 6) is 0. The van der Waals surface area contributed by atoms with Crippen molar-refractivity contribution in [2.75, 3.05) is 5.32 Å². The van der Waals surface area contributed by atoms with Gasteiger partial charge in [0.05, 0.1) is 17.3 Å². The number of hydrogen-bond acceptors (Lipinski definition) is 4. The second-order valence-corrected chi connectivity index (χ2v) is 6.79. The minimum Gasteiger partial charge on any atom is -0.447 e. The lowest BCUT2D eigenvalue weighted by Crippen LogP contribution is -2.41. The van der Waals surface area contributed by atoms with Gasteiger partial charge in [0.1, 0.15) is 0 Å². The number of rotatable bonds is 3. The molecule has 0 aromatic heterocycles. The Balaban J connectivity index is 2.11. The van der Waals surface area contributed by atoms with E-state index in [1.807, 2.05) is 45.9 Å². The molecule has 0 spiro atoms. The van der Waals surface area contributed by atoms with E-state index in [4.69, 9.17) is 14.0 Å². The predicted octanol–water partition coefficient (Wildman–Crippen LogP) is 2.94. The first-order chi connectivity index (χ1) is 10.1. The summed E-state index contributed by atoms with van der Waals surface area (Å²) in [5, 5.41) is 2.71. The smallest absolute Gasteiger partial charge is 0.447 e. The van der Waals surface area contributed by atoms with Gasteiger partial charge < -0.3 is 14.0 Å². The number of carbonyl (C=O) groups is 1. The monoisotopic (exact) mass is 305 g/mol. The Morgan fingerprint density at radius 3 is 2.32 bits per heavy atom. The molecule has 120 valence electrons. The van der Waals surface area contributed by atoms with Crippen LogP contribution in [-0.2, 0) is 14.0 Å². The van der Waals surface area contributed by atoms with Crippen LogP contribution in [0.25, 0.3) is 0 Å². The van der Waals surface area contributed by atoms with Gasteiger partial charge in [0.25, 0.3) is 0 Å². The lowest BCUT2D eigenvalue weighted by molar-refractivity contribution is 0.00578. The van der Waals surface area contributed by atoms with Gasteiger partial charge in [-0.25, -0.2) is 4.79 Å². The van der Waals surface area contributed by atoms with Crippen molar-refractivity contribution in [3.05, 3.63) is 24.3 Å². The van der Waals surface area contributed by atoms with E-state index in [0.29, 0.717) is 5.69 Å². The third kappa shape index (κ3) is 3.62. The van der Waals surface area contributed by atoms with Crippen LogP contribution in [0.1, 0.15) is 41.5 Å². The number of anilines is 1. The Hall–Kier alpha value is -1.53. The zero-order valence-corrected chi connectivity index (χ0v) is 14.1. The average molecular weight is 305 g/mol. The number of amides is 1. The topological polar surface area (TPSA) is 56.8 Å². The van der Waals surface area contributed by atoms with Crippen LogP contribution in [0.4, 0.5) is 10.5 Å². The van der Waals surface area contributed by atoms with Crippen molar-refractivity contribution in [2.24, 2.45) is 0 Å². The molecule has 1 saturated heterocycles. The maximum atomic E-state index is 11.7. The Labute approximate surface area is 132 Å². The minimum absolute atomic E-state index is 0.161. The maximum absolute atomic E-state index is 11.7. The zero-order chi connectivity index (χ0) is 16.5. The van der Waals surface area contributed by atoms with Gasteiger partial charge in [0.15, 0.2) is 0 Å². The molecule has 1 N–H and O–H groups in total. The molecule has 1 aromatic rings. The van der Waals surface area contributed by atoms with Crippen LogP contribution in [0.3, 0.4) is 0 Å². The summed E-state index contributed by atoms with van der Waals surface area (Å²) in [4.78, 5) is 11.7. The highest BCUT2D eigenvalue weighted by Gasteiger charge is 2.51. The quantitative estimate of drug-likeness (QED) is 0.872. The van der Waals surface area contributed by atoms with Crippen LogP contribution in [0, 0.1) is 0 Å². The van der Waals surface area contributed by atoms with Gasteiger partial charge in [-0.15, -0.1) is 0 Å². The van der Waals surface area contributed by atoms with E-state index in [1.54, 1.807) is 19.9 Å². The largest absolute Gasteiger partial charge is 0.494 e. The van der Waals surface area contributed by atoms with Crippen LogP contribution in [0.2, 0.25) is 0 Å². The molecule has 22 heavy (non-hydrogen) atoms.